The predicted octanol–water partition coefficient (Wildman–Crippen LogP) is -0.308. The molecule has 1 fully saturated rings. The molecule has 1 saturated heterocycles. The normalized spacial score (nSPS) is 26.7. The summed E-state index contributed by atoms with van der Waals surface area (Å²) in [6.45, 7) is 2.34. The Kier molecular flexibility index (Phi) is 5.37. The molecule has 0 radical (unpaired) electrons. The molecule has 1 aliphatic heterocycles. The van der Waals surface area contributed by atoms with Crippen molar-refractivity contribution in [1.82, 2.24) is 9.55 Å². The molecule has 0 amide bonds. The Bertz CT molecular complexity index is 713. The Balaban J connectivity index is 2.27. The number of hydrogen-bond acceptors (Lipinski definition) is 7. The molecule has 23 heavy (non-hydrogen) atoms. The molecule has 4 atom stereocenters. The number of carbonyl (C=O) groups is 2. The Morgan fingerprint density at radius 1 is 1.35 bits per heavy atom. The summed E-state index contributed by atoms with van der Waals surface area (Å²) in [5.41, 5.74) is -1.20. The van der Waals surface area contributed by atoms with Crippen LogP contribution in [-0.4, -0.2) is 45.1 Å². The van der Waals surface area contributed by atoms with E-state index in [0.717, 1.165) is 4.57 Å². The van der Waals surface area contributed by atoms with E-state index in [4.69, 9.17) is 14.2 Å². The van der Waals surface area contributed by atoms with Gasteiger partial charge in [0.2, 0.25) is 0 Å². The summed E-state index contributed by atoms with van der Waals surface area (Å²) in [6.07, 6.45) is -1.09. The molecule has 1 N–H and O–H groups in total. The van der Waals surface area contributed by atoms with Crippen LogP contribution in [0.4, 0.5) is 0 Å². The maximum absolute atomic E-state index is 11.9. The van der Waals surface area contributed by atoms with Crippen LogP contribution in [0.15, 0.2) is 21.9 Å². The van der Waals surface area contributed by atoms with E-state index >= 15 is 0 Å². The maximum atomic E-state index is 11.9. The van der Waals surface area contributed by atoms with Crippen molar-refractivity contribution in [3.8, 4) is 0 Å². The number of hydrogen-bond donors (Lipinski definition) is 1. The van der Waals surface area contributed by atoms with Gasteiger partial charge in [-0.3, -0.25) is 23.9 Å². The summed E-state index contributed by atoms with van der Waals surface area (Å²) < 4.78 is 16.9. The van der Waals surface area contributed by atoms with Gasteiger partial charge < -0.3 is 14.2 Å². The van der Waals surface area contributed by atoms with Crippen LogP contribution in [0.5, 0.6) is 0 Å². The lowest BCUT2D eigenvalue weighted by Crippen LogP contribution is -2.37. The fourth-order valence-corrected chi connectivity index (χ4v) is 3.04. The Morgan fingerprint density at radius 3 is 2.61 bits per heavy atom. The molecule has 0 unspecified atom stereocenters. The summed E-state index contributed by atoms with van der Waals surface area (Å²) in [4.78, 5) is 46.8. The number of alkyl halides is 1. The molecule has 0 spiro atoms. The lowest BCUT2D eigenvalue weighted by molar-refractivity contribution is -0.155. The van der Waals surface area contributed by atoms with Gasteiger partial charge in [0.1, 0.15) is 18.8 Å². The van der Waals surface area contributed by atoms with E-state index in [1.807, 2.05) is 0 Å². The monoisotopic (exact) mass is 390 g/mol. The molecule has 0 bridgehead atoms. The van der Waals surface area contributed by atoms with Crippen LogP contribution in [0.3, 0.4) is 0 Å². The van der Waals surface area contributed by atoms with Gasteiger partial charge in [-0.05, 0) is 0 Å². The SMILES string of the molecule is CC(=O)OC[C@H]1O[C@@H](n2ccc(=O)[nH]c2=O)[C@@H](Br)[C@@H]1OC(C)=O. The average Bonchev–Trinajstić information content (AvgIpc) is 2.73. The Morgan fingerprint density at radius 2 is 2.04 bits per heavy atom. The first kappa shape index (κ1) is 17.4. The van der Waals surface area contributed by atoms with Gasteiger partial charge in [-0.2, -0.15) is 0 Å². The average molecular weight is 391 g/mol. The number of rotatable bonds is 4. The minimum absolute atomic E-state index is 0.135. The molecule has 1 aromatic heterocycles. The molecular formula is C13H15BrN2O7. The first-order valence-electron chi connectivity index (χ1n) is 6.71. The van der Waals surface area contributed by atoms with Gasteiger partial charge >= 0.3 is 17.6 Å². The van der Waals surface area contributed by atoms with E-state index in [9.17, 15) is 19.2 Å². The molecular weight excluding hydrogens is 376 g/mol. The lowest BCUT2D eigenvalue weighted by atomic mass is 10.2. The second kappa shape index (κ2) is 7.09. The van der Waals surface area contributed by atoms with Crippen LogP contribution in [-0.2, 0) is 23.8 Å². The van der Waals surface area contributed by atoms with Gasteiger partial charge in [-0.15, -0.1) is 0 Å². The second-order valence-corrected chi connectivity index (χ2v) is 5.96. The van der Waals surface area contributed by atoms with E-state index in [2.05, 4.69) is 20.9 Å². The van der Waals surface area contributed by atoms with E-state index in [0.29, 0.717) is 0 Å². The van der Waals surface area contributed by atoms with Crippen molar-refractivity contribution in [3.05, 3.63) is 33.1 Å². The van der Waals surface area contributed by atoms with Crippen LogP contribution in [0.1, 0.15) is 20.1 Å². The predicted molar refractivity (Wildman–Crippen MR) is 80.1 cm³/mol. The summed E-state index contributed by atoms with van der Waals surface area (Å²) in [5.74, 6) is -1.05. The highest BCUT2D eigenvalue weighted by Crippen LogP contribution is 2.35. The smallest absolute Gasteiger partial charge is 0.330 e. The van der Waals surface area contributed by atoms with E-state index in [1.54, 1.807) is 0 Å². The highest BCUT2D eigenvalue weighted by Gasteiger charge is 2.47. The van der Waals surface area contributed by atoms with Gasteiger partial charge in [0.25, 0.3) is 5.56 Å². The third-order valence-corrected chi connectivity index (χ3v) is 4.12. The molecule has 0 aromatic carbocycles. The van der Waals surface area contributed by atoms with Crippen molar-refractivity contribution in [3.63, 3.8) is 0 Å². The van der Waals surface area contributed by atoms with Gasteiger partial charge in [0.15, 0.2) is 6.23 Å². The van der Waals surface area contributed by atoms with Crippen LogP contribution >= 0.6 is 15.9 Å². The van der Waals surface area contributed by atoms with Crippen LogP contribution in [0.2, 0.25) is 0 Å². The molecule has 1 aliphatic rings. The van der Waals surface area contributed by atoms with Crippen molar-refractivity contribution >= 4 is 27.9 Å². The number of H-pyrrole nitrogens is 1. The van der Waals surface area contributed by atoms with Crippen molar-refractivity contribution in [2.45, 2.75) is 37.1 Å². The van der Waals surface area contributed by atoms with E-state index in [-0.39, 0.29) is 6.61 Å². The number of halogens is 1. The number of aromatic amines is 1. The molecule has 126 valence electrons. The second-order valence-electron chi connectivity index (χ2n) is 4.90. The van der Waals surface area contributed by atoms with Crippen LogP contribution in [0.25, 0.3) is 0 Å². The minimum atomic E-state index is -0.843. The van der Waals surface area contributed by atoms with E-state index in [1.165, 1.54) is 26.1 Å². The molecule has 10 heteroatoms. The first-order chi connectivity index (χ1) is 10.8. The standard InChI is InChI=1S/C13H15BrN2O7/c1-6(17)21-5-8-11(22-7(2)18)10(14)12(23-8)16-4-3-9(19)15-13(16)20/h3-4,8,10-12H,5H2,1-2H3,(H,15,19,20)/t8-,10+,11-,12-/m1/s1. The quantitative estimate of drug-likeness (QED) is 0.553. The van der Waals surface area contributed by atoms with Crippen LogP contribution < -0.4 is 11.2 Å². The van der Waals surface area contributed by atoms with Crippen molar-refractivity contribution < 1.29 is 23.8 Å². The fraction of sp³-hybridized carbons (Fsp3) is 0.538. The summed E-state index contributed by atoms with van der Waals surface area (Å²) in [7, 11) is 0. The number of nitrogens with zero attached hydrogens (tertiary/aromatic N) is 1. The van der Waals surface area contributed by atoms with Crippen molar-refractivity contribution in [2.24, 2.45) is 0 Å². The van der Waals surface area contributed by atoms with Gasteiger partial charge in [-0.25, -0.2) is 4.79 Å². The van der Waals surface area contributed by atoms with Gasteiger partial charge in [-0.1, -0.05) is 15.9 Å². The molecule has 2 rings (SSSR count). The largest absolute Gasteiger partial charge is 0.463 e. The van der Waals surface area contributed by atoms with Gasteiger partial charge in [0.05, 0.1) is 4.83 Å². The van der Waals surface area contributed by atoms with Crippen LogP contribution in [0, 0.1) is 0 Å². The summed E-state index contributed by atoms with van der Waals surface area (Å²) >= 11 is 3.34. The minimum Gasteiger partial charge on any atom is -0.463 e. The zero-order valence-electron chi connectivity index (χ0n) is 12.4. The zero-order chi connectivity index (χ0) is 17.1. The first-order valence-corrected chi connectivity index (χ1v) is 7.62. The van der Waals surface area contributed by atoms with Crippen molar-refractivity contribution in [1.29, 1.82) is 0 Å². The van der Waals surface area contributed by atoms with Crippen molar-refractivity contribution in [2.75, 3.05) is 6.61 Å². The number of nitrogens with one attached hydrogen (secondary N) is 1. The summed E-state index contributed by atoms with van der Waals surface area (Å²) in [6, 6.07) is 1.17. The Hall–Kier alpha value is -1.94. The number of esters is 2. The fourth-order valence-electron chi connectivity index (χ4n) is 2.21. The lowest BCUT2D eigenvalue weighted by Gasteiger charge is -2.19. The summed E-state index contributed by atoms with van der Waals surface area (Å²) in [5, 5.41) is 0. The third-order valence-electron chi connectivity index (χ3n) is 3.15. The number of carbonyl (C=O) groups excluding carboxylic acids is 2. The molecule has 9 nitrogen and oxygen atoms in total. The topological polar surface area (TPSA) is 117 Å². The molecule has 1 aromatic rings. The molecule has 0 aliphatic carbocycles. The third kappa shape index (κ3) is 4.08. The van der Waals surface area contributed by atoms with E-state index < -0.39 is 46.5 Å². The highest BCUT2D eigenvalue weighted by molar-refractivity contribution is 9.09. The molecule has 2 heterocycles. The molecule has 0 saturated carbocycles. The zero-order valence-corrected chi connectivity index (χ0v) is 13.9. The van der Waals surface area contributed by atoms with Gasteiger partial charge in [0, 0.05) is 26.1 Å². The number of aromatic nitrogens is 2. The maximum Gasteiger partial charge on any atom is 0.330 e. The number of ether oxygens (including phenoxy) is 3. The Labute approximate surface area is 138 Å². The highest BCUT2D eigenvalue weighted by atomic mass is 79.9.